The van der Waals surface area contributed by atoms with Crippen molar-refractivity contribution in [3.63, 3.8) is 0 Å². The molecule has 19 heavy (non-hydrogen) atoms. The number of hydrogen-bond acceptors (Lipinski definition) is 4. The standard InChI is InChI=1S/C13H18ClN3O2/c14-11-7-10(5-6-13(11)17(18)19)16-12-4-2-1-3-9(12)8-15/h5-7,9,12,16H,1-4,8,15H2. The van der Waals surface area contributed by atoms with Gasteiger partial charge in [-0.05, 0) is 37.4 Å². The molecule has 0 spiro atoms. The average molecular weight is 284 g/mol. The highest BCUT2D eigenvalue weighted by molar-refractivity contribution is 6.32. The molecule has 0 aromatic heterocycles. The number of halogens is 1. The first-order chi connectivity index (χ1) is 9.11. The molecule has 0 bridgehead atoms. The molecule has 1 aliphatic rings. The third-order valence-corrected chi connectivity index (χ3v) is 4.01. The van der Waals surface area contributed by atoms with Crippen molar-refractivity contribution < 1.29 is 4.92 Å². The molecule has 2 rings (SSSR count). The molecule has 0 radical (unpaired) electrons. The number of nitrogens with two attached hydrogens (primary N) is 1. The summed E-state index contributed by atoms with van der Waals surface area (Å²) in [5, 5.41) is 14.3. The van der Waals surface area contributed by atoms with E-state index in [4.69, 9.17) is 17.3 Å². The first kappa shape index (κ1) is 14.1. The molecule has 5 nitrogen and oxygen atoms in total. The minimum atomic E-state index is -0.477. The fourth-order valence-corrected chi connectivity index (χ4v) is 2.89. The fraction of sp³-hybridized carbons (Fsp3) is 0.538. The Kier molecular flexibility index (Phi) is 4.61. The van der Waals surface area contributed by atoms with E-state index in [9.17, 15) is 10.1 Å². The maximum absolute atomic E-state index is 10.7. The first-order valence-electron chi connectivity index (χ1n) is 6.52. The molecule has 0 amide bonds. The van der Waals surface area contributed by atoms with E-state index in [2.05, 4.69) is 5.32 Å². The Balaban J connectivity index is 2.10. The van der Waals surface area contributed by atoms with Crippen LogP contribution in [0.2, 0.25) is 5.02 Å². The number of nitrogens with zero attached hydrogens (tertiary/aromatic N) is 1. The molecular weight excluding hydrogens is 266 g/mol. The molecule has 0 aliphatic heterocycles. The number of benzene rings is 1. The SMILES string of the molecule is NCC1CCCCC1Nc1ccc([N+](=O)[O-])c(Cl)c1. The van der Waals surface area contributed by atoms with Crippen molar-refractivity contribution in [2.75, 3.05) is 11.9 Å². The summed E-state index contributed by atoms with van der Waals surface area (Å²) < 4.78 is 0. The van der Waals surface area contributed by atoms with Gasteiger partial charge in [0.05, 0.1) is 4.92 Å². The molecule has 1 aromatic rings. The van der Waals surface area contributed by atoms with Crippen LogP contribution >= 0.6 is 11.6 Å². The van der Waals surface area contributed by atoms with Gasteiger partial charge in [-0.25, -0.2) is 0 Å². The van der Waals surface area contributed by atoms with E-state index in [0.717, 1.165) is 18.5 Å². The molecule has 0 heterocycles. The lowest BCUT2D eigenvalue weighted by Crippen LogP contribution is -2.36. The molecule has 6 heteroatoms. The Bertz CT molecular complexity index is 467. The Morgan fingerprint density at radius 2 is 2.16 bits per heavy atom. The van der Waals surface area contributed by atoms with Gasteiger partial charge in [0.25, 0.3) is 5.69 Å². The van der Waals surface area contributed by atoms with E-state index >= 15 is 0 Å². The van der Waals surface area contributed by atoms with Gasteiger partial charge in [-0.15, -0.1) is 0 Å². The minimum absolute atomic E-state index is 0.0637. The van der Waals surface area contributed by atoms with Gasteiger partial charge < -0.3 is 11.1 Å². The van der Waals surface area contributed by atoms with Gasteiger partial charge in [0.2, 0.25) is 0 Å². The van der Waals surface area contributed by atoms with Crippen molar-refractivity contribution in [2.45, 2.75) is 31.7 Å². The van der Waals surface area contributed by atoms with Gasteiger partial charge in [-0.2, -0.15) is 0 Å². The third-order valence-electron chi connectivity index (χ3n) is 3.71. The van der Waals surface area contributed by atoms with Crippen LogP contribution in [-0.2, 0) is 0 Å². The van der Waals surface area contributed by atoms with E-state index in [0.29, 0.717) is 18.5 Å². The molecular formula is C13H18ClN3O2. The largest absolute Gasteiger partial charge is 0.382 e. The second-order valence-corrected chi connectivity index (χ2v) is 5.36. The lowest BCUT2D eigenvalue weighted by Gasteiger charge is -2.32. The molecule has 1 saturated carbocycles. The Morgan fingerprint density at radius 1 is 1.42 bits per heavy atom. The molecule has 3 N–H and O–H groups in total. The van der Waals surface area contributed by atoms with E-state index in [1.165, 1.54) is 18.9 Å². The highest BCUT2D eigenvalue weighted by atomic mass is 35.5. The smallest absolute Gasteiger partial charge is 0.288 e. The van der Waals surface area contributed by atoms with Gasteiger partial charge in [-0.3, -0.25) is 10.1 Å². The lowest BCUT2D eigenvalue weighted by molar-refractivity contribution is -0.384. The number of nitrogens with one attached hydrogen (secondary N) is 1. The normalized spacial score (nSPS) is 23.1. The van der Waals surface area contributed by atoms with Crippen molar-refractivity contribution in [3.05, 3.63) is 33.3 Å². The maximum atomic E-state index is 10.7. The average Bonchev–Trinajstić information content (AvgIpc) is 2.39. The van der Waals surface area contributed by atoms with Gasteiger partial charge >= 0.3 is 0 Å². The molecule has 1 aliphatic carbocycles. The van der Waals surface area contributed by atoms with Gasteiger partial charge in [0.1, 0.15) is 5.02 Å². The number of hydrogen-bond donors (Lipinski definition) is 2. The second kappa shape index (κ2) is 6.21. The zero-order valence-corrected chi connectivity index (χ0v) is 11.4. The monoisotopic (exact) mass is 283 g/mol. The summed E-state index contributed by atoms with van der Waals surface area (Å²) in [5.41, 5.74) is 6.54. The van der Waals surface area contributed by atoms with Crippen LogP contribution < -0.4 is 11.1 Å². The maximum Gasteiger partial charge on any atom is 0.288 e. The van der Waals surface area contributed by atoms with Crippen molar-refractivity contribution >= 4 is 23.0 Å². The molecule has 0 saturated heterocycles. The van der Waals surface area contributed by atoms with Crippen LogP contribution in [0.3, 0.4) is 0 Å². The van der Waals surface area contributed by atoms with Crippen molar-refractivity contribution in [1.82, 2.24) is 0 Å². The van der Waals surface area contributed by atoms with Gasteiger partial charge in [-0.1, -0.05) is 24.4 Å². The summed E-state index contributed by atoms with van der Waals surface area (Å²) in [6.45, 7) is 0.665. The van der Waals surface area contributed by atoms with Crippen LogP contribution in [0.4, 0.5) is 11.4 Å². The van der Waals surface area contributed by atoms with Crippen LogP contribution in [0.1, 0.15) is 25.7 Å². The van der Waals surface area contributed by atoms with E-state index in [-0.39, 0.29) is 10.7 Å². The van der Waals surface area contributed by atoms with Crippen LogP contribution in [0.15, 0.2) is 18.2 Å². The number of rotatable bonds is 4. The fourth-order valence-electron chi connectivity index (χ4n) is 2.64. The molecule has 104 valence electrons. The van der Waals surface area contributed by atoms with E-state index in [1.807, 2.05) is 0 Å². The summed E-state index contributed by atoms with van der Waals surface area (Å²) in [5.74, 6) is 0.461. The predicted molar refractivity (Wildman–Crippen MR) is 76.5 cm³/mol. The van der Waals surface area contributed by atoms with E-state index in [1.54, 1.807) is 12.1 Å². The molecule has 2 unspecified atom stereocenters. The third kappa shape index (κ3) is 3.36. The zero-order valence-electron chi connectivity index (χ0n) is 10.6. The molecule has 2 atom stereocenters. The number of anilines is 1. The van der Waals surface area contributed by atoms with Crippen LogP contribution in [0.5, 0.6) is 0 Å². The van der Waals surface area contributed by atoms with E-state index < -0.39 is 4.92 Å². The number of nitro benzene ring substituents is 1. The predicted octanol–water partition coefficient (Wildman–Crippen LogP) is 3.18. The Labute approximate surface area is 117 Å². The Morgan fingerprint density at radius 3 is 2.79 bits per heavy atom. The highest BCUT2D eigenvalue weighted by Crippen LogP contribution is 2.30. The minimum Gasteiger partial charge on any atom is -0.382 e. The van der Waals surface area contributed by atoms with Gasteiger partial charge in [0.15, 0.2) is 0 Å². The van der Waals surface area contributed by atoms with Crippen molar-refractivity contribution in [1.29, 1.82) is 0 Å². The first-order valence-corrected chi connectivity index (χ1v) is 6.90. The topological polar surface area (TPSA) is 81.2 Å². The quantitative estimate of drug-likeness (QED) is 0.657. The zero-order chi connectivity index (χ0) is 13.8. The summed E-state index contributed by atoms with van der Waals surface area (Å²) in [4.78, 5) is 10.2. The van der Waals surface area contributed by atoms with Crippen LogP contribution in [0.25, 0.3) is 0 Å². The summed E-state index contributed by atoms with van der Waals surface area (Å²) >= 11 is 5.91. The Hall–Kier alpha value is -1.33. The summed E-state index contributed by atoms with van der Waals surface area (Å²) in [6, 6.07) is 5.08. The van der Waals surface area contributed by atoms with Gasteiger partial charge in [0, 0.05) is 17.8 Å². The molecule has 1 aromatic carbocycles. The lowest BCUT2D eigenvalue weighted by atomic mass is 9.84. The van der Waals surface area contributed by atoms with Crippen molar-refractivity contribution in [2.24, 2.45) is 11.7 Å². The van der Waals surface area contributed by atoms with Crippen LogP contribution in [-0.4, -0.2) is 17.5 Å². The second-order valence-electron chi connectivity index (χ2n) is 4.95. The number of nitro groups is 1. The molecule has 1 fully saturated rings. The highest BCUT2D eigenvalue weighted by Gasteiger charge is 2.24. The van der Waals surface area contributed by atoms with Crippen molar-refractivity contribution in [3.8, 4) is 0 Å². The summed E-state index contributed by atoms with van der Waals surface area (Å²) in [7, 11) is 0. The van der Waals surface area contributed by atoms with Crippen LogP contribution in [0, 0.1) is 16.0 Å². The summed E-state index contributed by atoms with van der Waals surface area (Å²) in [6.07, 6.45) is 4.63.